The molecule has 0 aromatic heterocycles. The van der Waals surface area contributed by atoms with Gasteiger partial charge in [0.15, 0.2) is 0 Å². The van der Waals surface area contributed by atoms with Crippen LogP contribution in [0.5, 0.6) is 0 Å². The second-order valence-corrected chi connectivity index (χ2v) is 3.84. The van der Waals surface area contributed by atoms with Gasteiger partial charge in [-0.1, -0.05) is 54.6 Å². The lowest BCUT2D eigenvalue weighted by molar-refractivity contribution is 1.31. The molecule has 0 amide bonds. The van der Waals surface area contributed by atoms with Crippen LogP contribution in [-0.4, -0.2) is 0 Å². The zero-order valence-corrected chi connectivity index (χ0v) is 8.40. The molecule has 0 aliphatic heterocycles. The van der Waals surface area contributed by atoms with Crippen LogP contribution in [0.2, 0.25) is 0 Å². The maximum atomic E-state index is 3.13. The maximum Gasteiger partial charge on any atom is -0.00135 e. The second kappa shape index (κ2) is 3.39. The summed E-state index contributed by atoms with van der Waals surface area (Å²) in [6.07, 6.45) is 3.31. The monoisotopic (exact) mass is 191 g/mol. The summed E-state index contributed by atoms with van der Waals surface area (Å²) in [5.74, 6) is 0. The van der Waals surface area contributed by atoms with Gasteiger partial charge in [0, 0.05) is 0 Å². The van der Waals surface area contributed by atoms with E-state index in [2.05, 4.69) is 54.6 Å². The predicted octanol–water partition coefficient (Wildman–Crippen LogP) is 3.58. The van der Waals surface area contributed by atoms with Gasteiger partial charge in [-0.2, -0.15) is 0 Å². The Labute approximate surface area is 89.9 Å². The van der Waals surface area contributed by atoms with Crippen LogP contribution in [0, 0.1) is 6.07 Å². The molecule has 1 radical (unpaired) electrons. The molecule has 2 aromatic carbocycles. The molecule has 0 N–H and O–H groups in total. The van der Waals surface area contributed by atoms with Gasteiger partial charge in [0.05, 0.1) is 0 Å². The topological polar surface area (TPSA) is 0 Å². The minimum atomic E-state index is 1.04. The Morgan fingerprint density at radius 3 is 2.67 bits per heavy atom. The van der Waals surface area contributed by atoms with Crippen LogP contribution in [0.4, 0.5) is 0 Å². The van der Waals surface area contributed by atoms with Crippen molar-refractivity contribution in [1.82, 2.24) is 0 Å². The first kappa shape index (κ1) is 8.49. The van der Waals surface area contributed by atoms with Crippen LogP contribution in [0.3, 0.4) is 0 Å². The van der Waals surface area contributed by atoms with Crippen molar-refractivity contribution in [2.24, 2.45) is 0 Å². The van der Waals surface area contributed by atoms with Crippen molar-refractivity contribution in [1.29, 1.82) is 0 Å². The summed E-state index contributed by atoms with van der Waals surface area (Å²) in [7, 11) is 0. The molecule has 0 heterocycles. The fraction of sp³-hybridized carbons (Fsp3) is 0.0667. The van der Waals surface area contributed by atoms with Crippen LogP contribution in [0.1, 0.15) is 16.7 Å². The average Bonchev–Trinajstić information content (AvgIpc) is 2.74. The third kappa shape index (κ3) is 1.48. The van der Waals surface area contributed by atoms with E-state index in [1.54, 1.807) is 0 Å². The molecule has 0 saturated heterocycles. The standard InChI is InChI=1S/C15H11/c1-2-6-12(7-3-1)15-10-13-8-4-5-9-14(13)11-15/h1-4,6-10H,11H2. The molecule has 0 unspecified atom stereocenters. The number of benzene rings is 2. The second-order valence-electron chi connectivity index (χ2n) is 3.84. The van der Waals surface area contributed by atoms with E-state index in [1.165, 1.54) is 22.3 Å². The molecule has 0 bridgehead atoms. The Balaban J connectivity index is 2.02. The van der Waals surface area contributed by atoms with Gasteiger partial charge in [-0.25, -0.2) is 0 Å². The summed E-state index contributed by atoms with van der Waals surface area (Å²) in [4.78, 5) is 0. The highest BCUT2D eigenvalue weighted by Gasteiger charge is 2.12. The highest BCUT2D eigenvalue weighted by molar-refractivity contribution is 5.88. The molecule has 0 saturated carbocycles. The van der Waals surface area contributed by atoms with E-state index in [9.17, 15) is 0 Å². The first-order valence-electron chi connectivity index (χ1n) is 5.18. The van der Waals surface area contributed by atoms with E-state index in [1.807, 2.05) is 6.07 Å². The smallest absolute Gasteiger partial charge is 0.00135 e. The van der Waals surface area contributed by atoms with Gasteiger partial charge in [-0.05, 0) is 34.8 Å². The first-order valence-corrected chi connectivity index (χ1v) is 5.18. The van der Waals surface area contributed by atoms with E-state index < -0.39 is 0 Å². The van der Waals surface area contributed by atoms with E-state index >= 15 is 0 Å². The normalized spacial score (nSPS) is 13.5. The molecule has 0 nitrogen and oxygen atoms in total. The van der Waals surface area contributed by atoms with Crippen molar-refractivity contribution in [2.45, 2.75) is 6.42 Å². The lowest BCUT2D eigenvalue weighted by atomic mass is 10.0. The van der Waals surface area contributed by atoms with Crippen molar-refractivity contribution < 1.29 is 0 Å². The third-order valence-corrected chi connectivity index (χ3v) is 2.84. The van der Waals surface area contributed by atoms with Crippen molar-refractivity contribution >= 4 is 11.6 Å². The number of rotatable bonds is 1. The molecule has 0 fully saturated rings. The van der Waals surface area contributed by atoms with Gasteiger partial charge in [0.2, 0.25) is 0 Å². The van der Waals surface area contributed by atoms with E-state index in [0.29, 0.717) is 0 Å². The van der Waals surface area contributed by atoms with Crippen LogP contribution >= 0.6 is 0 Å². The largest absolute Gasteiger partial charge is 0.0622 e. The molecule has 71 valence electrons. The van der Waals surface area contributed by atoms with Crippen molar-refractivity contribution in [3.63, 3.8) is 0 Å². The van der Waals surface area contributed by atoms with Gasteiger partial charge in [-0.3, -0.25) is 0 Å². The number of hydrogen-bond donors (Lipinski definition) is 0. The molecule has 3 rings (SSSR count). The Kier molecular flexibility index (Phi) is 1.92. The number of allylic oxidation sites excluding steroid dienone is 1. The van der Waals surface area contributed by atoms with Gasteiger partial charge in [0.25, 0.3) is 0 Å². The Morgan fingerprint density at radius 1 is 1.00 bits per heavy atom. The van der Waals surface area contributed by atoms with E-state index in [-0.39, 0.29) is 0 Å². The lowest BCUT2D eigenvalue weighted by Crippen LogP contribution is -1.84. The zero-order chi connectivity index (χ0) is 10.1. The Bertz CT molecular complexity index is 507. The minimum Gasteiger partial charge on any atom is -0.0622 e. The number of hydrogen-bond acceptors (Lipinski definition) is 0. The molecule has 0 atom stereocenters. The molecule has 0 spiro atoms. The van der Waals surface area contributed by atoms with Gasteiger partial charge in [-0.15, -0.1) is 0 Å². The van der Waals surface area contributed by atoms with Crippen molar-refractivity contribution in [2.75, 3.05) is 0 Å². The van der Waals surface area contributed by atoms with E-state index in [0.717, 1.165) is 6.42 Å². The number of fused-ring (bicyclic) bond motifs is 1. The van der Waals surface area contributed by atoms with Crippen LogP contribution in [0.15, 0.2) is 48.5 Å². The van der Waals surface area contributed by atoms with Gasteiger partial charge < -0.3 is 0 Å². The average molecular weight is 191 g/mol. The molecule has 1 aliphatic carbocycles. The predicted molar refractivity (Wildman–Crippen MR) is 63.3 cm³/mol. The molecule has 1 aliphatic rings. The molecular formula is C15H11. The first-order chi connectivity index (χ1) is 7.43. The van der Waals surface area contributed by atoms with Gasteiger partial charge >= 0.3 is 0 Å². The summed E-state index contributed by atoms with van der Waals surface area (Å²) in [5.41, 5.74) is 5.46. The van der Waals surface area contributed by atoms with Crippen LogP contribution in [-0.2, 0) is 6.42 Å². The molecule has 15 heavy (non-hydrogen) atoms. The minimum absolute atomic E-state index is 1.04. The molecule has 0 heteroatoms. The van der Waals surface area contributed by atoms with Crippen LogP contribution < -0.4 is 0 Å². The summed E-state index contributed by atoms with van der Waals surface area (Å²) in [6.45, 7) is 0. The third-order valence-electron chi connectivity index (χ3n) is 2.84. The molecule has 2 aromatic rings. The van der Waals surface area contributed by atoms with Crippen molar-refractivity contribution in [3.05, 3.63) is 71.3 Å². The van der Waals surface area contributed by atoms with Gasteiger partial charge in [0.1, 0.15) is 0 Å². The van der Waals surface area contributed by atoms with Crippen LogP contribution in [0.25, 0.3) is 11.6 Å². The molecular weight excluding hydrogens is 180 g/mol. The van der Waals surface area contributed by atoms with E-state index in [4.69, 9.17) is 0 Å². The SMILES string of the molecule is [c]1ccc2c(c1)CC(c1ccccc1)=C2. The fourth-order valence-corrected chi connectivity index (χ4v) is 2.05. The highest BCUT2D eigenvalue weighted by atomic mass is 14.2. The summed E-state index contributed by atoms with van der Waals surface area (Å²) >= 11 is 0. The Morgan fingerprint density at radius 2 is 1.87 bits per heavy atom. The maximum absolute atomic E-state index is 3.13. The van der Waals surface area contributed by atoms with Crippen molar-refractivity contribution in [3.8, 4) is 0 Å². The quantitative estimate of drug-likeness (QED) is 0.646. The summed E-state index contributed by atoms with van der Waals surface area (Å²) < 4.78 is 0. The Hall–Kier alpha value is -1.82. The lowest BCUT2D eigenvalue weighted by Gasteiger charge is -2.00. The summed E-state index contributed by atoms with van der Waals surface area (Å²) in [5, 5.41) is 0. The zero-order valence-electron chi connectivity index (χ0n) is 8.40. The fourth-order valence-electron chi connectivity index (χ4n) is 2.05. The summed E-state index contributed by atoms with van der Waals surface area (Å²) in [6, 6.07) is 19.9. The highest BCUT2D eigenvalue weighted by Crippen LogP contribution is 2.30.